The Morgan fingerprint density at radius 2 is 2.04 bits per heavy atom. The first-order valence-corrected chi connectivity index (χ1v) is 9.32. The van der Waals surface area contributed by atoms with Crippen LogP contribution in [0.4, 0.5) is 0 Å². The van der Waals surface area contributed by atoms with Crippen LogP contribution >= 0.6 is 22.9 Å². The second-order valence-corrected chi connectivity index (χ2v) is 7.12. The van der Waals surface area contributed by atoms with Gasteiger partial charge in [-0.05, 0) is 24.3 Å². The van der Waals surface area contributed by atoms with E-state index in [0.29, 0.717) is 20.3 Å². The molecule has 4 rings (SSSR count). The normalized spacial score (nSPS) is 12.3. The quantitative estimate of drug-likeness (QED) is 0.528. The predicted octanol–water partition coefficient (Wildman–Crippen LogP) is 3.69. The van der Waals surface area contributed by atoms with Crippen LogP contribution in [0.3, 0.4) is 0 Å². The molecule has 0 unspecified atom stereocenters. The molecule has 134 valence electrons. The van der Waals surface area contributed by atoms with E-state index in [2.05, 4.69) is 10.1 Å². The standard InChI is InChI=1S/C20H14ClN3O2S/c1-26-16-10-3-2-6-13(16)7-5-11-17-19(25)24-20(27-17)22-18(23-24)14-8-4-9-15(21)12-14/h2-12H,1H3/b7-5+,17-11-. The van der Waals surface area contributed by atoms with E-state index in [4.69, 9.17) is 16.3 Å². The first kappa shape index (κ1) is 17.5. The van der Waals surface area contributed by atoms with Gasteiger partial charge in [-0.1, -0.05) is 65.4 Å². The van der Waals surface area contributed by atoms with E-state index in [1.54, 1.807) is 25.3 Å². The highest BCUT2D eigenvalue weighted by atomic mass is 35.5. The second-order valence-electron chi connectivity index (χ2n) is 5.68. The third-order valence-corrected chi connectivity index (χ3v) is 5.14. The van der Waals surface area contributed by atoms with Gasteiger partial charge in [0.15, 0.2) is 5.82 Å². The lowest BCUT2D eigenvalue weighted by atomic mass is 10.2. The van der Waals surface area contributed by atoms with Crippen molar-refractivity contribution in [1.29, 1.82) is 0 Å². The van der Waals surface area contributed by atoms with E-state index in [1.165, 1.54) is 15.9 Å². The highest BCUT2D eigenvalue weighted by Gasteiger charge is 2.11. The Balaban J connectivity index is 1.68. The minimum Gasteiger partial charge on any atom is -0.496 e. The maximum absolute atomic E-state index is 12.6. The molecule has 0 aliphatic carbocycles. The topological polar surface area (TPSA) is 56.5 Å². The molecular weight excluding hydrogens is 382 g/mol. The average molecular weight is 396 g/mol. The van der Waals surface area contributed by atoms with Crippen LogP contribution in [0.15, 0.2) is 59.4 Å². The second kappa shape index (κ2) is 7.34. The molecule has 0 saturated carbocycles. The molecule has 0 aliphatic heterocycles. The molecule has 7 heteroatoms. The Morgan fingerprint density at radius 3 is 2.81 bits per heavy atom. The Bertz CT molecular complexity index is 1260. The molecule has 0 amide bonds. The molecular formula is C20H14ClN3O2S. The van der Waals surface area contributed by atoms with Gasteiger partial charge >= 0.3 is 0 Å². The van der Waals surface area contributed by atoms with Crippen LogP contribution in [-0.2, 0) is 0 Å². The first-order chi connectivity index (χ1) is 13.2. The van der Waals surface area contributed by atoms with Crippen molar-refractivity contribution >= 4 is 40.1 Å². The van der Waals surface area contributed by atoms with E-state index in [-0.39, 0.29) is 5.56 Å². The third kappa shape index (κ3) is 3.49. The minimum absolute atomic E-state index is 0.194. The van der Waals surface area contributed by atoms with E-state index in [1.807, 2.05) is 48.6 Å². The van der Waals surface area contributed by atoms with Crippen molar-refractivity contribution < 1.29 is 4.74 Å². The number of hydrogen-bond acceptors (Lipinski definition) is 5. The van der Waals surface area contributed by atoms with Gasteiger partial charge in [0.1, 0.15) is 5.75 Å². The van der Waals surface area contributed by atoms with Gasteiger partial charge in [0.2, 0.25) is 4.96 Å². The van der Waals surface area contributed by atoms with Crippen LogP contribution in [0, 0.1) is 0 Å². The van der Waals surface area contributed by atoms with Gasteiger partial charge in [0.25, 0.3) is 5.56 Å². The number of thiazole rings is 1. The molecule has 0 saturated heterocycles. The molecule has 0 atom stereocenters. The zero-order chi connectivity index (χ0) is 18.8. The summed E-state index contributed by atoms with van der Waals surface area (Å²) in [5.74, 6) is 1.26. The summed E-state index contributed by atoms with van der Waals surface area (Å²) in [5, 5.41) is 4.92. The summed E-state index contributed by atoms with van der Waals surface area (Å²) in [6.45, 7) is 0. The van der Waals surface area contributed by atoms with Crippen LogP contribution in [0.5, 0.6) is 5.75 Å². The van der Waals surface area contributed by atoms with Gasteiger partial charge in [0, 0.05) is 16.1 Å². The smallest absolute Gasteiger partial charge is 0.291 e. The fourth-order valence-electron chi connectivity index (χ4n) is 2.64. The molecule has 0 aliphatic rings. The molecule has 0 spiro atoms. The number of halogens is 1. The summed E-state index contributed by atoms with van der Waals surface area (Å²) < 4.78 is 7.20. The number of nitrogens with zero attached hydrogens (tertiary/aromatic N) is 3. The largest absolute Gasteiger partial charge is 0.496 e. The molecule has 2 heterocycles. The predicted molar refractivity (Wildman–Crippen MR) is 109 cm³/mol. The van der Waals surface area contributed by atoms with E-state index >= 15 is 0 Å². The van der Waals surface area contributed by atoms with Gasteiger partial charge in [0.05, 0.1) is 11.6 Å². The van der Waals surface area contributed by atoms with Crippen LogP contribution in [-0.4, -0.2) is 21.7 Å². The number of rotatable bonds is 4. The van der Waals surface area contributed by atoms with Gasteiger partial charge in [-0.15, -0.1) is 5.10 Å². The Hall–Kier alpha value is -2.96. The maximum atomic E-state index is 12.6. The summed E-state index contributed by atoms with van der Waals surface area (Å²) in [6.07, 6.45) is 5.48. The molecule has 0 radical (unpaired) electrons. The van der Waals surface area contributed by atoms with E-state index in [0.717, 1.165) is 16.9 Å². The molecule has 2 aromatic heterocycles. The van der Waals surface area contributed by atoms with Crippen molar-refractivity contribution in [3.8, 4) is 17.1 Å². The third-order valence-electron chi connectivity index (χ3n) is 3.93. The summed E-state index contributed by atoms with van der Waals surface area (Å²) >= 11 is 7.30. The fraction of sp³-hybridized carbons (Fsp3) is 0.0500. The van der Waals surface area contributed by atoms with Gasteiger partial charge < -0.3 is 4.74 Å². The number of fused-ring (bicyclic) bond motifs is 1. The molecule has 27 heavy (non-hydrogen) atoms. The highest BCUT2D eigenvalue weighted by molar-refractivity contribution is 7.15. The van der Waals surface area contributed by atoms with Crippen molar-refractivity contribution in [2.75, 3.05) is 7.11 Å². The Kier molecular flexibility index (Phi) is 4.75. The zero-order valence-corrected chi connectivity index (χ0v) is 15.9. The summed E-state index contributed by atoms with van der Waals surface area (Å²) in [7, 11) is 1.63. The van der Waals surface area contributed by atoms with Gasteiger partial charge in [-0.25, -0.2) is 0 Å². The minimum atomic E-state index is -0.194. The van der Waals surface area contributed by atoms with Crippen LogP contribution in [0.2, 0.25) is 5.02 Å². The summed E-state index contributed by atoms with van der Waals surface area (Å²) in [5.41, 5.74) is 1.52. The van der Waals surface area contributed by atoms with Crippen LogP contribution < -0.4 is 14.8 Å². The number of hydrogen-bond donors (Lipinski definition) is 0. The SMILES string of the molecule is COc1ccccc1/C=C/C=c1\sc2nc(-c3cccc(Cl)c3)nn2c1=O. The lowest BCUT2D eigenvalue weighted by molar-refractivity contribution is 0.414. The van der Waals surface area contributed by atoms with E-state index in [9.17, 15) is 4.79 Å². The molecule has 5 nitrogen and oxygen atoms in total. The Labute approximate surface area is 163 Å². The average Bonchev–Trinajstić information content (AvgIpc) is 3.22. The number of benzene rings is 2. The number of methoxy groups -OCH3 is 1. The zero-order valence-electron chi connectivity index (χ0n) is 14.3. The lowest BCUT2D eigenvalue weighted by Gasteiger charge is -2.02. The van der Waals surface area contributed by atoms with E-state index < -0.39 is 0 Å². The molecule has 4 aromatic rings. The van der Waals surface area contributed by atoms with Gasteiger partial charge in [-0.2, -0.15) is 9.50 Å². The first-order valence-electron chi connectivity index (χ1n) is 8.12. The molecule has 0 bridgehead atoms. The number of ether oxygens (including phenoxy) is 1. The molecule has 0 fully saturated rings. The number of allylic oxidation sites excluding steroid dienone is 1. The van der Waals surface area contributed by atoms with Crippen molar-refractivity contribution in [1.82, 2.24) is 14.6 Å². The van der Waals surface area contributed by atoms with Crippen molar-refractivity contribution in [2.45, 2.75) is 0 Å². The van der Waals surface area contributed by atoms with Gasteiger partial charge in [-0.3, -0.25) is 4.79 Å². The Morgan fingerprint density at radius 1 is 1.19 bits per heavy atom. The summed E-state index contributed by atoms with van der Waals surface area (Å²) in [4.78, 5) is 17.6. The molecule has 2 aromatic carbocycles. The number of para-hydroxylation sites is 1. The number of aromatic nitrogens is 3. The summed E-state index contributed by atoms with van der Waals surface area (Å²) in [6, 6.07) is 14.9. The fourth-order valence-corrected chi connectivity index (χ4v) is 3.69. The lowest BCUT2D eigenvalue weighted by Crippen LogP contribution is -2.23. The van der Waals surface area contributed by atoms with Crippen LogP contribution in [0.25, 0.3) is 28.5 Å². The van der Waals surface area contributed by atoms with Crippen molar-refractivity contribution in [2.24, 2.45) is 0 Å². The maximum Gasteiger partial charge on any atom is 0.291 e. The van der Waals surface area contributed by atoms with Crippen molar-refractivity contribution in [3.05, 3.63) is 80.1 Å². The van der Waals surface area contributed by atoms with Crippen LogP contribution in [0.1, 0.15) is 5.56 Å². The highest BCUT2D eigenvalue weighted by Crippen LogP contribution is 2.20. The van der Waals surface area contributed by atoms with Crippen molar-refractivity contribution in [3.63, 3.8) is 0 Å². The molecule has 0 N–H and O–H groups in total. The monoisotopic (exact) mass is 395 g/mol.